The molecule has 0 saturated heterocycles. The molecule has 276 valence electrons. The molecule has 2 N–H and O–H groups in total. The topological polar surface area (TPSA) is 83.5 Å². The number of nitrogens with zero attached hydrogens (tertiary/aromatic N) is 1. The van der Waals surface area contributed by atoms with E-state index in [2.05, 4.69) is 0 Å². The van der Waals surface area contributed by atoms with Gasteiger partial charge in [-0.25, -0.2) is 13.1 Å². The molecule has 0 rings (SSSR count). The Balaban J connectivity index is 6.67. The molecule has 0 heterocycles. The molecule has 0 aliphatic carbocycles. The summed E-state index contributed by atoms with van der Waals surface area (Å²) in [6.07, 6.45) is -9.46. The van der Waals surface area contributed by atoms with Crippen LogP contribution in [0.2, 0.25) is 0 Å². The van der Waals surface area contributed by atoms with E-state index >= 15 is 0 Å². The van der Waals surface area contributed by atoms with Crippen LogP contribution in [0.3, 0.4) is 0 Å². The van der Waals surface area contributed by atoms with Crippen LogP contribution in [0.25, 0.3) is 0 Å². The van der Waals surface area contributed by atoms with Gasteiger partial charge in [-0.1, -0.05) is 0 Å². The molecule has 0 atom stereocenters. The van der Waals surface area contributed by atoms with Crippen LogP contribution in [-0.2, 0) is 14.8 Å². The van der Waals surface area contributed by atoms with Crippen molar-refractivity contribution in [2.75, 3.05) is 33.7 Å². The normalized spacial score (nSPS) is 16.2. The van der Waals surface area contributed by atoms with Gasteiger partial charge in [0, 0.05) is 13.0 Å². The third-order valence-corrected chi connectivity index (χ3v) is 7.50. The van der Waals surface area contributed by atoms with Gasteiger partial charge in [-0.15, -0.1) is 0 Å². The third-order valence-electron chi connectivity index (χ3n) is 5.98. The van der Waals surface area contributed by atoms with E-state index in [1.54, 1.807) is 0 Å². The Morgan fingerprint density at radius 1 is 0.565 bits per heavy atom. The SMILES string of the molecule is C[N+](C)(CCCNS(=O)(=O)C(F)(F)C(F)(F)C(F)(F)C(F)(F)C(F)(F)C(F)(F)C(F)(F)C(F)(F)C(F)(F)C(F)(F)F)CCC(=O)O. The highest BCUT2D eigenvalue weighted by Gasteiger charge is 2.98. The minimum atomic E-state index is -9.38. The van der Waals surface area contributed by atoms with Gasteiger partial charge in [0.1, 0.15) is 0 Å². The number of aliphatic carboxylic acids is 1. The van der Waals surface area contributed by atoms with E-state index in [0.717, 1.165) is 0 Å². The first kappa shape index (κ1) is 43.9. The number of rotatable bonds is 17. The van der Waals surface area contributed by atoms with Crippen molar-refractivity contribution < 1.29 is 115 Å². The molecule has 0 radical (unpaired) electrons. The molecular weight excluding hydrogens is 739 g/mol. The lowest BCUT2D eigenvalue weighted by atomic mass is 9.87. The van der Waals surface area contributed by atoms with Crippen LogP contribution in [-0.4, -0.2) is 117 Å². The van der Waals surface area contributed by atoms with E-state index in [1.165, 1.54) is 14.1 Å². The van der Waals surface area contributed by atoms with Crippen LogP contribution < -0.4 is 4.72 Å². The van der Waals surface area contributed by atoms with Gasteiger partial charge in [0.2, 0.25) is 0 Å². The summed E-state index contributed by atoms with van der Waals surface area (Å²) < 4.78 is 305. The van der Waals surface area contributed by atoms with Gasteiger partial charge < -0.3 is 9.59 Å². The first-order chi connectivity index (χ1) is 19.6. The van der Waals surface area contributed by atoms with Crippen LogP contribution in [0.1, 0.15) is 12.8 Å². The predicted octanol–water partition coefficient (Wildman–Crippen LogP) is 6.08. The van der Waals surface area contributed by atoms with Gasteiger partial charge in [-0.2, -0.15) is 92.2 Å². The Labute approximate surface area is 242 Å². The Kier molecular flexibility index (Phi) is 11.5. The lowest BCUT2D eigenvalue weighted by Gasteiger charge is -2.44. The first-order valence-electron chi connectivity index (χ1n) is 11.1. The first-order valence-corrected chi connectivity index (χ1v) is 12.6. The maximum Gasteiger partial charge on any atom is 0.460 e. The second-order valence-electron chi connectivity index (χ2n) is 9.89. The number of carboxylic acid groups (broad SMARTS) is 1. The van der Waals surface area contributed by atoms with Crippen LogP contribution in [0.15, 0.2) is 0 Å². The summed E-state index contributed by atoms with van der Waals surface area (Å²) in [7, 11) is -5.12. The molecular formula is C18H18F21N2O4S+. The van der Waals surface area contributed by atoms with Crippen molar-refractivity contribution in [3.63, 3.8) is 0 Å². The Hall–Kier alpha value is -2.13. The van der Waals surface area contributed by atoms with Crippen LogP contribution >= 0.6 is 0 Å². The van der Waals surface area contributed by atoms with Crippen LogP contribution in [0.4, 0.5) is 92.2 Å². The lowest BCUT2D eigenvalue weighted by Crippen LogP contribution is -2.77. The maximum atomic E-state index is 14.1. The maximum absolute atomic E-state index is 14.1. The highest BCUT2D eigenvalue weighted by Crippen LogP contribution is 2.66. The smallest absolute Gasteiger partial charge is 0.460 e. The predicted molar refractivity (Wildman–Crippen MR) is 106 cm³/mol. The second kappa shape index (κ2) is 12.1. The molecule has 0 aromatic rings. The number of carbonyl (C=O) groups is 1. The van der Waals surface area contributed by atoms with Crippen LogP contribution in [0.5, 0.6) is 0 Å². The Morgan fingerprint density at radius 3 is 1.17 bits per heavy atom. The molecule has 0 fully saturated rings. The van der Waals surface area contributed by atoms with E-state index in [4.69, 9.17) is 5.11 Å². The van der Waals surface area contributed by atoms with Gasteiger partial charge in [-0.05, 0) is 0 Å². The zero-order valence-corrected chi connectivity index (χ0v) is 22.8. The highest BCUT2D eigenvalue weighted by molar-refractivity contribution is 7.90. The van der Waals surface area contributed by atoms with E-state index in [-0.39, 0.29) is 6.54 Å². The Morgan fingerprint density at radius 2 is 0.870 bits per heavy atom. The minimum absolute atomic E-state index is 0.269. The summed E-state index contributed by atoms with van der Waals surface area (Å²) in [6.45, 7) is -2.25. The molecule has 0 unspecified atom stereocenters. The van der Waals surface area contributed by atoms with E-state index in [9.17, 15) is 105 Å². The molecule has 0 aromatic heterocycles. The van der Waals surface area contributed by atoms with Crippen molar-refractivity contribution in [3.05, 3.63) is 0 Å². The minimum Gasteiger partial charge on any atom is -0.481 e. The monoisotopic (exact) mass is 757 g/mol. The zero-order valence-electron chi connectivity index (χ0n) is 22.0. The van der Waals surface area contributed by atoms with Crippen molar-refractivity contribution in [1.82, 2.24) is 4.72 Å². The van der Waals surface area contributed by atoms with E-state index in [1.807, 2.05) is 0 Å². The van der Waals surface area contributed by atoms with Gasteiger partial charge >= 0.3 is 64.8 Å². The summed E-state index contributed by atoms with van der Waals surface area (Å²) in [5.74, 6) is -73.9. The summed E-state index contributed by atoms with van der Waals surface area (Å²) in [5, 5.41) is 0.743. The van der Waals surface area contributed by atoms with E-state index in [0.29, 0.717) is 4.72 Å². The third kappa shape index (κ3) is 6.61. The van der Waals surface area contributed by atoms with Crippen LogP contribution in [0, 0.1) is 0 Å². The van der Waals surface area contributed by atoms with Crippen molar-refractivity contribution in [3.8, 4) is 0 Å². The van der Waals surface area contributed by atoms with Gasteiger partial charge in [0.15, 0.2) is 0 Å². The van der Waals surface area contributed by atoms with Gasteiger partial charge in [-0.3, -0.25) is 4.79 Å². The molecule has 6 nitrogen and oxygen atoms in total. The number of alkyl halides is 21. The summed E-state index contributed by atoms with van der Waals surface area (Å²) in [5.41, 5.74) is 0. The quantitative estimate of drug-likeness (QED) is 0.107. The Bertz CT molecular complexity index is 1210. The molecule has 0 aliphatic rings. The number of sulfonamides is 1. The van der Waals surface area contributed by atoms with Gasteiger partial charge in [0.25, 0.3) is 10.0 Å². The number of hydrogen-bond donors (Lipinski definition) is 2. The second-order valence-corrected chi connectivity index (χ2v) is 11.7. The fraction of sp³-hybridized carbons (Fsp3) is 0.944. The lowest BCUT2D eigenvalue weighted by molar-refractivity contribution is -0.889. The number of hydrogen-bond acceptors (Lipinski definition) is 3. The highest BCUT2D eigenvalue weighted by atomic mass is 32.2. The van der Waals surface area contributed by atoms with Crippen molar-refractivity contribution in [1.29, 1.82) is 0 Å². The average molecular weight is 757 g/mol. The molecule has 0 bridgehead atoms. The number of carboxylic acids is 1. The number of quaternary nitrogens is 1. The molecule has 0 amide bonds. The van der Waals surface area contributed by atoms with Gasteiger partial charge in [0.05, 0.1) is 33.6 Å². The average Bonchev–Trinajstić information content (AvgIpc) is 2.83. The largest absolute Gasteiger partial charge is 0.481 e. The molecule has 46 heavy (non-hydrogen) atoms. The molecule has 0 aromatic carbocycles. The van der Waals surface area contributed by atoms with Crippen molar-refractivity contribution in [2.24, 2.45) is 0 Å². The number of nitrogens with one attached hydrogen (secondary N) is 1. The van der Waals surface area contributed by atoms with Crippen molar-refractivity contribution in [2.45, 2.75) is 71.7 Å². The van der Waals surface area contributed by atoms with Crippen molar-refractivity contribution >= 4 is 16.0 Å². The number of halogens is 21. The zero-order chi connectivity index (χ0) is 37.8. The summed E-state index contributed by atoms with van der Waals surface area (Å²) in [4.78, 5) is 10.5. The molecule has 0 saturated carbocycles. The standard InChI is InChI=1S/C18H17F21N2O4S/c1-41(2,7-4-8(42)43)6-3-5-40-46(44,45)18(38,39)16(33,34)14(29,30)12(25,26)10(21,22)9(19,20)11(23,24)13(27,28)15(31,32)17(35,36)37/h40H,3-7H2,1-2H3/p+1. The fourth-order valence-electron chi connectivity index (χ4n) is 3.03. The summed E-state index contributed by atoms with van der Waals surface area (Å²) >= 11 is 0. The molecule has 0 spiro atoms. The molecule has 28 heteroatoms. The van der Waals surface area contributed by atoms with E-state index < -0.39 is 105 Å². The summed E-state index contributed by atoms with van der Waals surface area (Å²) in [6, 6.07) is 0. The molecule has 0 aliphatic heterocycles. The fourth-order valence-corrected chi connectivity index (χ4v) is 4.09.